The zero-order valence-electron chi connectivity index (χ0n) is 11.5. The smallest absolute Gasteiger partial charge is 0.308 e. The predicted octanol–water partition coefficient (Wildman–Crippen LogP) is 2.54. The summed E-state index contributed by atoms with van der Waals surface area (Å²) in [5, 5.41) is 12.3. The number of nitrogens with one attached hydrogen (secondary N) is 1. The minimum atomic E-state index is -0.755. The normalized spacial score (nSPS) is 13.0. The van der Waals surface area contributed by atoms with Gasteiger partial charge in [0.05, 0.1) is 17.8 Å². The molecule has 0 aliphatic heterocycles. The summed E-state index contributed by atoms with van der Waals surface area (Å²) in [7, 11) is 0. The highest BCUT2D eigenvalue weighted by Crippen LogP contribution is 2.14. The van der Waals surface area contributed by atoms with Crippen molar-refractivity contribution in [1.82, 2.24) is 14.7 Å². The highest BCUT2D eigenvalue weighted by molar-refractivity contribution is 9.10. The van der Waals surface area contributed by atoms with Crippen molar-refractivity contribution in [2.24, 2.45) is 11.8 Å². The summed E-state index contributed by atoms with van der Waals surface area (Å²) in [4.78, 5) is 15.4. The van der Waals surface area contributed by atoms with Crippen LogP contribution in [0.2, 0.25) is 0 Å². The molecular formula is C14H18BrN3O2. The van der Waals surface area contributed by atoms with Crippen molar-refractivity contribution in [3.8, 4) is 0 Å². The number of fused-ring (bicyclic) bond motifs is 1. The van der Waals surface area contributed by atoms with Crippen LogP contribution in [0.1, 0.15) is 19.5 Å². The largest absolute Gasteiger partial charge is 0.481 e. The molecule has 2 rings (SSSR count). The molecule has 0 aliphatic rings. The van der Waals surface area contributed by atoms with E-state index in [0.29, 0.717) is 13.1 Å². The number of halogens is 1. The van der Waals surface area contributed by atoms with Gasteiger partial charge in [-0.1, -0.05) is 29.8 Å². The third kappa shape index (κ3) is 3.37. The first-order valence-corrected chi connectivity index (χ1v) is 7.33. The van der Waals surface area contributed by atoms with Gasteiger partial charge in [-0.2, -0.15) is 0 Å². The molecule has 108 valence electrons. The number of rotatable bonds is 6. The molecule has 0 aliphatic carbocycles. The number of aromatic nitrogens is 2. The first-order chi connectivity index (χ1) is 9.49. The van der Waals surface area contributed by atoms with Crippen LogP contribution in [0.5, 0.6) is 0 Å². The lowest BCUT2D eigenvalue weighted by Crippen LogP contribution is -2.32. The lowest BCUT2D eigenvalue weighted by Gasteiger charge is -2.16. The topological polar surface area (TPSA) is 66.6 Å². The van der Waals surface area contributed by atoms with Gasteiger partial charge >= 0.3 is 5.97 Å². The van der Waals surface area contributed by atoms with E-state index in [1.165, 1.54) is 0 Å². The van der Waals surface area contributed by atoms with Crippen LogP contribution in [0, 0.1) is 11.8 Å². The van der Waals surface area contributed by atoms with Crippen LogP contribution in [-0.4, -0.2) is 27.0 Å². The highest BCUT2D eigenvalue weighted by atomic mass is 79.9. The molecule has 0 fully saturated rings. The van der Waals surface area contributed by atoms with E-state index >= 15 is 0 Å². The molecule has 2 N–H and O–H groups in total. The molecule has 0 saturated heterocycles. The molecule has 0 aromatic carbocycles. The van der Waals surface area contributed by atoms with Crippen LogP contribution in [0.3, 0.4) is 0 Å². The molecule has 0 spiro atoms. The molecule has 0 radical (unpaired) electrons. The number of imidazole rings is 1. The van der Waals surface area contributed by atoms with E-state index in [9.17, 15) is 4.79 Å². The van der Waals surface area contributed by atoms with Crippen molar-refractivity contribution < 1.29 is 9.90 Å². The maximum absolute atomic E-state index is 11.1. The second-order valence-electron chi connectivity index (χ2n) is 5.14. The van der Waals surface area contributed by atoms with E-state index in [2.05, 4.69) is 26.2 Å². The van der Waals surface area contributed by atoms with Gasteiger partial charge in [-0.25, -0.2) is 4.98 Å². The molecule has 2 aromatic rings. The summed E-state index contributed by atoms with van der Waals surface area (Å²) in [5.74, 6) is -1.02. The quantitative estimate of drug-likeness (QED) is 0.848. The Hall–Kier alpha value is -1.40. The van der Waals surface area contributed by atoms with Gasteiger partial charge in [0.15, 0.2) is 0 Å². The average molecular weight is 340 g/mol. The number of hydrogen-bond donors (Lipinski definition) is 2. The fraction of sp³-hybridized carbons (Fsp3) is 0.429. The van der Waals surface area contributed by atoms with Gasteiger partial charge in [-0.3, -0.25) is 4.79 Å². The number of aliphatic carboxylic acids is 1. The maximum atomic E-state index is 11.1. The Labute approximate surface area is 126 Å². The van der Waals surface area contributed by atoms with Gasteiger partial charge in [0.25, 0.3) is 0 Å². The molecule has 6 heteroatoms. The van der Waals surface area contributed by atoms with Gasteiger partial charge in [-0.15, -0.1) is 0 Å². The second kappa shape index (κ2) is 6.37. The van der Waals surface area contributed by atoms with Crippen LogP contribution in [0.4, 0.5) is 0 Å². The van der Waals surface area contributed by atoms with E-state index < -0.39 is 5.97 Å². The molecule has 0 amide bonds. The second-order valence-corrected chi connectivity index (χ2v) is 6.06. The Bertz CT molecular complexity index is 609. The van der Waals surface area contributed by atoms with E-state index in [1.807, 2.05) is 36.6 Å². The van der Waals surface area contributed by atoms with Gasteiger partial charge in [0, 0.05) is 23.8 Å². The van der Waals surface area contributed by atoms with Gasteiger partial charge in [-0.05, 0) is 18.1 Å². The summed E-state index contributed by atoms with van der Waals surface area (Å²) >= 11 is 3.41. The first kappa shape index (κ1) is 15.0. The van der Waals surface area contributed by atoms with E-state index in [0.717, 1.165) is 15.8 Å². The molecule has 1 unspecified atom stereocenters. The first-order valence-electron chi connectivity index (χ1n) is 6.54. The van der Waals surface area contributed by atoms with Crippen LogP contribution >= 0.6 is 15.9 Å². The Morgan fingerprint density at radius 1 is 1.55 bits per heavy atom. The summed E-state index contributed by atoms with van der Waals surface area (Å²) in [6, 6.07) is 3.89. The molecule has 20 heavy (non-hydrogen) atoms. The lowest BCUT2D eigenvalue weighted by molar-refractivity contribution is -0.143. The number of carboxylic acid groups (broad SMARTS) is 1. The van der Waals surface area contributed by atoms with Crippen molar-refractivity contribution in [1.29, 1.82) is 0 Å². The summed E-state index contributed by atoms with van der Waals surface area (Å²) in [6.07, 6.45) is 3.75. The number of pyridine rings is 1. The number of hydrogen-bond acceptors (Lipinski definition) is 3. The zero-order chi connectivity index (χ0) is 14.7. The van der Waals surface area contributed by atoms with E-state index in [-0.39, 0.29) is 11.8 Å². The standard InChI is InChI=1S/C14H18BrN3O2/c1-9(2)12(14(19)20)8-16-6-11-7-17-13-5-10(15)3-4-18(11)13/h3-5,7,9,12,16H,6,8H2,1-2H3,(H,19,20). The fourth-order valence-corrected chi connectivity index (χ4v) is 2.43. The van der Waals surface area contributed by atoms with E-state index in [4.69, 9.17) is 5.11 Å². The average Bonchev–Trinajstić information content (AvgIpc) is 2.76. The maximum Gasteiger partial charge on any atom is 0.308 e. The SMILES string of the molecule is CC(C)C(CNCc1cnc2cc(Br)ccn12)C(=O)O. The summed E-state index contributed by atoms with van der Waals surface area (Å²) < 4.78 is 2.98. The minimum Gasteiger partial charge on any atom is -0.481 e. The van der Waals surface area contributed by atoms with Crippen molar-refractivity contribution in [2.45, 2.75) is 20.4 Å². The Morgan fingerprint density at radius 2 is 2.30 bits per heavy atom. The van der Waals surface area contributed by atoms with Gasteiger partial charge < -0.3 is 14.8 Å². The fourth-order valence-electron chi connectivity index (χ4n) is 2.10. The molecule has 2 aromatic heterocycles. The Morgan fingerprint density at radius 3 is 2.95 bits per heavy atom. The molecule has 0 saturated carbocycles. The lowest BCUT2D eigenvalue weighted by atomic mass is 9.96. The predicted molar refractivity (Wildman–Crippen MR) is 80.6 cm³/mol. The Balaban J connectivity index is 2.01. The van der Waals surface area contributed by atoms with Crippen molar-refractivity contribution >= 4 is 27.5 Å². The molecule has 0 bridgehead atoms. The van der Waals surface area contributed by atoms with Crippen molar-refractivity contribution in [3.05, 3.63) is 34.7 Å². The van der Waals surface area contributed by atoms with Gasteiger partial charge in [0.1, 0.15) is 5.65 Å². The number of carboxylic acids is 1. The van der Waals surface area contributed by atoms with Gasteiger partial charge in [0.2, 0.25) is 0 Å². The van der Waals surface area contributed by atoms with Crippen molar-refractivity contribution in [2.75, 3.05) is 6.54 Å². The molecule has 2 heterocycles. The van der Waals surface area contributed by atoms with Crippen LogP contribution in [0.15, 0.2) is 29.0 Å². The third-order valence-corrected chi connectivity index (χ3v) is 3.84. The summed E-state index contributed by atoms with van der Waals surface area (Å²) in [6.45, 7) is 4.90. The zero-order valence-corrected chi connectivity index (χ0v) is 13.1. The number of carbonyl (C=O) groups is 1. The summed E-state index contributed by atoms with van der Waals surface area (Å²) in [5.41, 5.74) is 1.88. The highest BCUT2D eigenvalue weighted by Gasteiger charge is 2.20. The van der Waals surface area contributed by atoms with Crippen LogP contribution in [-0.2, 0) is 11.3 Å². The third-order valence-electron chi connectivity index (χ3n) is 3.34. The Kier molecular flexibility index (Phi) is 4.77. The van der Waals surface area contributed by atoms with E-state index in [1.54, 1.807) is 6.20 Å². The minimum absolute atomic E-state index is 0.109. The number of nitrogens with zero attached hydrogens (tertiary/aromatic N) is 2. The van der Waals surface area contributed by atoms with Crippen LogP contribution in [0.25, 0.3) is 5.65 Å². The molecule has 5 nitrogen and oxygen atoms in total. The van der Waals surface area contributed by atoms with Crippen molar-refractivity contribution in [3.63, 3.8) is 0 Å². The monoisotopic (exact) mass is 339 g/mol. The molecular weight excluding hydrogens is 322 g/mol. The molecule has 1 atom stereocenters. The van der Waals surface area contributed by atoms with Crippen LogP contribution < -0.4 is 5.32 Å².